The number of ether oxygens (including phenoxy) is 1. The van der Waals surface area contributed by atoms with E-state index in [-0.39, 0.29) is 6.10 Å². The zero-order valence-corrected chi connectivity index (χ0v) is 9.20. The molecule has 1 unspecified atom stereocenters. The quantitative estimate of drug-likeness (QED) is 0.884. The molecular formula is C12H14F3NO. The minimum absolute atomic E-state index is 0.282. The highest BCUT2D eigenvalue weighted by molar-refractivity contribution is 5.29. The molecule has 94 valence electrons. The van der Waals surface area contributed by atoms with Crippen molar-refractivity contribution in [1.82, 2.24) is 0 Å². The molecule has 1 fully saturated rings. The summed E-state index contributed by atoms with van der Waals surface area (Å²) in [5.74, 6) is 0.690. The van der Waals surface area contributed by atoms with Crippen LogP contribution in [0.5, 0.6) is 5.75 Å². The normalized spacial score (nSPS) is 17.9. The Hall–Kier alpha value is -1.23. The maximum Gasteiger partial charge on any atom is 0.390 e. The summed E-state index contributed by atoms with van der Waals surface area (Å²) in [6.07, 6.45) is -2.85. The van der Waals surface area contributed by atoms with Gasteiger partial charge in [-0.2, -0.15) is 13.2 Å². The first kappa shape index (κ1) is 12.2. The van der Waals surface area contributed by atoms with E-state index in [9.17, 15) is 13.2 Å². The van der Waals surface area contributed by atoms with E-state index in [0.717, 1.165) is 12.8 Å². The Morgan fingerprint density at radius 3 is 2.29 bits per heavy atom. The molecule has 0 aromatic heterocycles. The molecule has 0 aliphatic heterocycles. The van der Waals surface area contributed by atoms with Crippen LogP contribution in [-0.2, 0) is 0 Å². The average molecular weight is 245 g/mol. The Labute approximate surface area is 97.6 Å². The molecular weight excluding hydrogens is 231 g/mol. The van der Waals surface area contributed by atoms with Crippen LogP contribution < -0.4 is 10.5 Å². The predicted octanol–water partition coefficient (Wildman–Crippen LogP) is 3.18. The lowest BCUT2D eigenvalue weighted by Gasteiger charge is -2.14. The Morgan fingerprint density at radius 2 is 1.82 bits per heavy atom. The van der Waals surface area contributed by atoms with Crippen molar-refractivity contribution in [3.63, 3.8) is 0 Å². The number of benzene rings is 1. The van der Waals surface area contributed by atoms with Crippen molar-refractivity contribution < 1.29 is 17.9 Å². The Balaban J connectivity index is 1.96. The summed E-state index contributed by atoms with van der Waals surface area (Å²) >= 11 is 0. The van der Waals surface area contributed by atoms with Gasteiger partial charge in [-0.3, -0.25) is 0 Å². The zero-order chi connectivity index (χ0) is 12.5. The van der Waals surface area contributed by atoms with Gasteiger partial charge >= 0.3 is 6.18 Å². The molecule has 1 atom stereocenters. The Bertz CT molecular complexity index is 370. The molecule has 0 saturated heterocycles. The van der Waals surface area contributed by atoms with Crippen molar-refractivity contribution in [1.29, 1.82) is 0 Å². The molecule has 1 aliphatic carbocycles. The van der Waals surface area contributed by atoms with Crippen LogP contribution in [0.1, 0.15) is 30.9 Å². The van der Waals surface area contributed by atoms with Gasteiger partial charge in [-0.05, 0) is 30.5 Å². The van der Waals surface area contributed by atoms with E-state index in [2.05, 4.69) is 0 Å². The number of hydrogen-bond donors (Lipinski definition) is 1. The molecule has 5 heteroatoms. The molecule has 2 nitrogen and oxygen atoms in total. The predicted molar refractivity (Wildman–Crippen MR) is 57.7 cm³/mol. The fourth-order valence-electron chi connectivity index (χ4n) is 1.54. The molecule has 1 saturated carbocycles. The molecule has 2 N–H and O–H groups in total. The third kappa shape index (κ3) is 3.93. The van der Waals surface area contributed by atoms with Crippen molar-refractivity contribution in [2.75, 3.05) is 0 Å². The monoisotopic (exact) mass is 245 g/mol. The summed E-state index contributed by atoms with van der Waals surface area (Å²) in [4.78, 5) is 0. The number of hydrogen-bond acceptors (Lipinski definition) is 2. The van der Waals surface area contributed by atoms with E-state index < -0.39 is 18.6 Å². The second-order valence-corrected chi connectivity index (χ2v) is 4.31. The summed E-state index contributed by atoms with van der Waals surface area (Å²) in [6.45, 7) is 0. The molecule has 1 aliphatic rings. The second-order valence-electron chi connectivity index (χ2n) is 4.31. The van der Waals surface area contributed by atoms with Crippen molar-refractivity contribution in [3.05, 3.63) is 29.8 Å². The fraction of sp³-hybridized carbons (Fsp3) is 0.500. The first-order valence-corrected chi connectivity index (χ1v) is 5.53. The minimum Gasteiger partial charge on any atom is -0.490 e. The van der Waals surface area contributed by atoms with Crippen LogP contribution in [0.25, 0.3) is 0 Å². The zero-order valence-electron chi connectivity index (χ0n) is 9.20. The molecule has 0 amide bonds. The van der Waals surface area contributed by atoms with Gasteiger partial charge < -0.3 is 10.5 Å². The average Bonchev–Trinajstić information content (AvgIpc) is 3.00. The fourth-order valence-corrected chi connectivity index (χ4v) is 1.54. The summed E-state index contributed by atoms with van der Waals surface area (Å²) < 4.78 is 41.9. The topological polar surface area (TPSA) is 35.2 Å². The molecule has 0 spiro atoms. The van der Waals surface area contributed by atoms with Gasteiger partial charge in [-0.25, -0.2) is 0 Å². The first-order chi connectivity index (χ1) is 7.94. The van der Waals surface area contributed by atoms with Gasteiger partial charge in [0.2, 0.25) is 0 Å². The van der Waals surface area contributed by atoms with Crippen LogP contribution in [-0.4, -0.2) is 12.3 Å². The third-order valence-corrected chi connectivity index (χ3v) is 2.59. The van der Waals surface area contributed by atoms with Crippen LogP contribution in [0.3, 0.4) is 0 Å². The largest absolute Gasteiger partial charge is 0.490 e. The number of rotatable bonds is 4. The highest BCUT2D eigenvalue weighted by Crippen LogP contribution is 2.30. The van der Waals surface area contributed by atoms with Gasteiger partial charge in [0, 0.05) is 6.04 Å². The van der Waals surface area contributed by atoms with E-state index in [1.165, 1.54) is 0 Å². The Morgan fingerprint density at radius 1 is 1.24 bits per heavy atom. The van der Waals surface area contributed by atoms with Crippen LogP contribution >= 0.6 is 0 Å². The number of nitrogens with two attached hydrogens (primary N) is 1. The highest BCUT2D eigenvalue weighted by Gasteiger charge is 2.31. The minimum atomic E-state index is -4.23. The standard InChI is InChI=1S/C12H14F3NO/c13-12(14,15)7-11(16)8-1-3-9(4-2-8)17-10-5-6-10/h1-4,10-11H,5-7,16H2. The molecule has 17 heavy (non-hydrogen) atoms. The lowest BCUT2D eigenvalue weighted by molar-refractivity contribution is -0.138. The van der Waals surface area contributed by atoms with Crippen LogP contribution in [0.15, 0.2) is 24.3 Å². The maximum absolute atomic E-state index is 12.1. The molecule has 1 aromatic carbocycles. The van der Waals surface area contributed by atoms with Crippen LogP contribution in [0, 0.1) is 0 Å². The summed E-state index contributed by atoms with van der Waals surface area (Å²) in [6, 6.07) is 5.51. The number of alkyl halides is 3. The van der Waals surface area contributed by atoms with Gasteiger partial charge in [0.25, 0.3) is 0 Å². The second kappa shape index (κ2) is 4.56. The lowest BCUT2D eigenvalue weighted by Crippen LogP contribution is -2.20. The molecule has 0 radical (unpaired) electrons. The maximum atomic E-state index is 12.1. The van der Waals surface area contributed by atoms with E-state index in [1.807, 2.05) is 0 Å². The molecule has 2 rings (SSSR count). The number of halogens is 3. The van der Waals surface area contributed by atoms with E-state index in [1.54, 1.807) is 24.3 Å². The van der Waals surface area contributed by atoms with Crippen LogP contribution in [0.2, 0.25) is 0 Å². The first-order valence-electron chi connectivity index (χ1n) is 5.53. The van der Waals surface area contributed by atoms with E-state index in [4.69, 9.17) is 10.5 Å². The van der Waals surface area contributed by atoms with Gasteiger partial charge in [0.05, 0.1) is 12.5 Å². The SMILES string of the molecule is NC(CC(F)(F)F)c1ccc(OC2CC2)cc1. The third-order valence-electron chi connectivity index (χ3n) is 2.59. The lowest BCUT2D eigenvalue weighted by atomic mass is 10.0. The molecule has 0 heterocycles. The van der Waals surface area contributed by atoms with Gasteiger partial charge in [-0.1, -0.05) is 12.1 Å². The van der Waals surface area contributed by atoms with E-state index >= 15 is 0 Å². The van der Waals surface area contributed by atoms with Crippen molar-refractivity contribution >= 4 is 0 Å². The van der Waals surface area contributed by atoms with Crippen molar-refractivity contribution in [3.8, 4) is 5.75 Å². The van der Waals surface area contributed by atoms with Crippen molar-refractivity contribution in [2.24, 2.45) is 5.73 Å². The van der Waals surface area contributed by atoms with Crippen molar-refractivity contribution in [2.45, 2.75) is 37.6 Å². The Kier molecular flexibility index (Phi) is 3.28. The smallest absolute Gasteiger partial charge is 0.390 e. The summed E-state index contributed by atoms with van der Waals surface area (Å²) in [5.41, 5.74) is 5.96. The van der Waals surface area contributed by atoms with Gasteiger partial charge in [0.15, 0.2) is 0 Å². The highest BCUT2D eigenvalue weighted by atomic mass is 19.4. The molecule has 1 aromatic rings. The summed E-state index contributed by atoms with van der Waals surface area (Å²) in [7, 11) is 0. The van der Waals surface area contributed by atoms with Gasteiger partial charge in [0.1, 0.15) is 5.75 Å². The van der Waals surface area contributed by atoms with Crippen LogP contribution in [0.4, 0.5) is 13.2 Å². The van der Waals surface area contributed by atoms with E-state index in [0.29, 0.717) is 11.3 Å². The summed E-state index contributed by atoms with van der Waals surface area (Å²) in [5, 5.41) is 0. The molecule has 0 bridgehead atoms. The van der Waals surface area contributed by atoms with Gasteiger partial charge in [-0.15, -0.1) is 0 Å².